The minimum Gasteiger partial charge on any atom is -0.493 e. The summed E-state index contributed by atoms with van der Waals surface area (Å²) < 4.78 is 27.8. The number of carbonyl (C=O) groups excluding carboxylic acids is 1. The molecule has 0 fully saturated rings. The zero-order valence-electron chi connectivity index (χ0n) is 18.3. The Kier molecular flexibility index (Phi) is 5.65. The smallest absolute Gasteiger partial charge is 0.336 e. The number of methoxy groups -OCH3 is 2. The largest absolute Gasteiger partial charge is 0.493 e. The maximum Gasteiger partial charge on any atom is 0.336 e. The van der Waals surface area contributed by atoms with Crippen molar-refractivity contribution >= 4 is 23.0 Å². The van der Waals surface area contributed by atoms with Gasteiger partial charge in [-0.2, -0.15) is 0 Å². The minimum atomic E-state index is -0.771. The molecule has 0 N–H and O–H groups in total. The van der Waals surface area contributed by atoms with Crippen molar-refractivity contribution in [1.82, 2.24) is 0 Å². The van der Waals surface area contributed by atoms with Crippen LogP contribution in [0.5, 0.6) is 17.2 Å². The molecule has 0 amide bonds. The summed E-state index contributed by atoms with van der Waals surface area (Å²) in [6.07, 6.45) is 2.95. The van der Waals surface area contributed by atoms with Crippen molar-refractivity contribution < 1.29 is 28.2 Å². The van der Waals surface area contributed by atoms with Gasteiger partial charge in [0.1, 0.15) is 23.0 Å². The first-order chi connectivity index (χ1) is 15.3. The van der Waals surface area contributed by atoms with Crippen LogP contribution in [0.15, 0.2) is 57.8 Å². The fourth-order valence-electron chi connectivity index (χ4n) is 3.76. The number of esters is 1. The van der Waals surface area contributed by atoms with Crippen LogP contribution in [0.1, 0.15) is 25.0 Å². The van der Waals surface area contributed by atoms with Gasteiger partial charge in [0, 0.05) is 35.6 Å². The molecule has 0 spiro atoms. The number of fused-ring (bicyclic) bond motifs is 2. The van der Waals surface area contributed by atoms with Gasteiger partial charge >= 0.3 is 11.6 Å². The third-order valence-corrected chi connectivity index (χ3v) is 5.45. The van der Waals surface area contributed by atoms with Crippen LogP contribution >= 0.6 is 0 Å². The normalized spacial score (nSPS) is 16.9. The van der Waals surface area contributed by atoms with E-state index in [-0.39, 0.29) is 0 Å². The van der Waals surface area contributed by atoms with Gasteiger partial charge in [-0.05, 0) is 43.7 Å². The third-order valence-electron chi connectivity index (χ3n) is 5.45. The molecule has 3 aromatic rings. The molecule has 1 aliphatic heterocycles. The fraction of sp³-hybridized carbons (Fsp3) is 0.280. The number of rotatable bonds is 5. The zero-order valence-corrected chi connectivity index (χ0v) is 18.3. The van der Waals surface area contributed by atoms with E-state index in [0.717, 1.165) is 10.9 Å². The lowest BCUT2D eigenvalue weighted by Gasteiger charge is -2.39. The summed E-state index contributed by atoms with van der Waals surface area (Å²) in [5.74, 6) is 1.23. The highest BCUT2D eigenvalue weighted by atomic mass is 16.6. The van der Waals surface area contributed by atoms with Gasteiger partial charge in [-0.25, -0.2) is 9.59 Å². The third kappa shape index (κ3) is 4.19. The molecule has 1 aromatic heterocycles. The molecule has 166 valence electrons. The molecule has 0 aliphatic carbocycles. The van der Waals surface area contributed by atoms with Crippen LogP contribution < -0.4 is 19.8 Å². The van der Waals surface area contributed by atoms with Crippen LogP contribution in [0.3, 0.4) is 0 Å². The van der Waals surface area contributed by atoms with E-state index in [2.05, 4.69) is 0 Å². The first-order valence-corrected chi connectivity index (χ1v) is 10.2. The lowest BCUT2D eigenvalue weighted by Crippen LogP contribution is -2.48. The zero-order chi connectivity index (χ0) is 22.9. The second-order valence-electron chi connectivity index (χ2n) is 8.00. The number of hydrogen-bond acceptors (Lipinski definition) is 7. The van der Waals surface area contributed by atoms with E-state index in [1.54, 1.807) is 38.5 Å². The van der Waals surface area contributed by atoms with Crippen LogP contribution in [-0.4, -0.2) is 31.9 Å². The minimum absolute atomic E-state index is 0.418. The van der Waals surface area contributed by atoms with Crippen LogP contribution in [-0.2, 0) is 16.0 Å². The highest BCUT2D eigenvalue weighted by Crippen LogP contribution is 2.37. The quantitative estimate of drug-likeness (QED) is 0.337. The van der Waals surface area contributed by atoms with Gasteiger partial charge in [-0.3, -0.25) is 0 Å². The average molecular weight is 436 g/mol. The summed E-state index contributed by atoms with van der Waals surface area (Å²) in [5.41, 5.74) is 0.840. The topological polar surface area (TPSA) is 84.2 Å². The van der Waals surface area contributed by atoms with Gasteiger partial charge in [0.15, 0.2) is 11.5 Å². The molecule has 1 atom stereocenters. The summed E-state index contributed by atoms with van der Waals surface area (Å²) in [6.45, 7) is 3.71. The first kappa shape index (κ1) is 21.5. The number of hydrogen-bond donors (Lipinski definition) is 0. The van der Waals surface area contributed by atoms with E-state index in [1.807, 2.05) is 32.0 Å². The van der Waals surface area contributed by atoms with Gasteiger partial charge in [-0.1, -0.05) is 12.1 Å². The molecule has 0 bridgehead atoms. The molecular formula is C25H24O7. The van der Waals surface area contributed by atoms with E-state index in [9.17, 15) is 9.59 Å². The molecule has 7 nitrogen and oxygen atoms in total. The SMILES string of the molecule is COc1cccc(/C=C/C(=O)OC2Cc3cc4ccc(=O)oc4cc3OC2(C)C)c1OC. The van der Waals surface area contributed by atoms with E-state index < -0.39 is 23.3 Å². The van der Waals surface area contributed by atoms with E-state index in [1.165, 1.54) is 12.1 Å². The van der Waals surface area contributed by atoms with E-state index >= 15 is 0 Å². The van der Waals surface area contributed by atoms with Crippen molar-refractivity contribution in [3.8, 4) is 17.2 Å². The second kappa shape index (κ2) is 8.42. The standard InChI is InChI=1S/C25H24O7/c1-25(2)21(13-17-12-16-9-11-22(26)30-19(16)14-20(17)32-25)31-23(27)10-8-15-6-5-7-18(28-3)24(15)29-4/h5-12,14,21H,13H2,1-4H3/b10-8+. The predicted molar refractivity (Wildman–Crippen MR) is 119 cm³/mol. The Hall–Kier alpha value is -3.74. The van der Waals surface area contributed by atoms with E-state index in [4.69, 9.17) is 23.4 Å². The molecule has 1 unspecified atom stereocenters. The Morgan fingerprint density at radius 3 is 2.69 bits per heavy atom. The van der Waals surface area contributed by atoms with Crippen LogP contribution in [0, 0.1) is 0 Å². The van der Waals surface area contributed by atoms with Crippen molar-refractivity contribution in [2.24, 2.45) is 0 Å². The summed E-state index contributed by atoms with van der Waals surface area (Å²) in [4.78, 5) is 24.1. The van der Waals surface area contributed by atoms with Crippen molar-refractivity contribution in [2.45, 2.75) is 32.0 Å². The van der Waals surface area contributed by atoms with Crippen molar-refractivity contribution in [1.29, 1.82) is 0 Å². The lowest BCUT2D eigenvalue weighted by molar-refractivity contribution is -0.155. The maximum atomic E-state index is 12.6. The Bertz CT molecular complexity index is 1250. The summed E-state index contributed by atoms with van der Waals surface area (Å²) >= 11 is 0. The Balaban J connectivity index is 1.55. The molecular weight excluding hydrogens is 412 g/mol. The Morgan fingerprint density at radius 1 is 1.12 bits per heavy atom. The van der Waals surface area contributed by atoms with Crippen LogP contribution in [0.4, 0.5) is 0 Å². The number of ether oxygens (including phenoxy) is 4. The summed E-state index contributed by atoms with van der Waals surface area (Å²) in [7, 11) is 3.10. The molecule has 7 heteroatoms. The molecule has 0 saturated carbocycles. The molecule has 2 aromatic carbocycles. The highest BCUT2D eigenvalue weighted by molar-refractivity contribution is 5.88. The maximum absolute atomic E-state index is 12.6. The predicted octanol–water partition coefficient (Wildman–Crippen LogP) is 4.15. The molecule has 0 radical (unpaired) electrons. The van der Waals surface area contributed by atoms with Crippen LogP contribution in [0.25, 0.3) is 17.0 Å². The average Bonchev–Trinajstić information content (AvgIpc) is 2.76. The molecule has 0 saturated heterocycles. The van der Waals surface area contributed by atoms with E-state index in [0.29, 0.717) is 34.8 Å². The number of para-hydroxylation sites is 1. The van der Waals surface area contributed by atoms with Crippen molar-refractivity contribution in [3.05, 3.63) is 70.1 Å². The van der Waals surface area contributed by atoms with Gasteiger partial charge in [0.2, 0.25) is 0 Å². The van der Waals surface area contributed by atoms with Gasteiger partial charge in [0.05, 0.1) is 14.2 Å². The highest BCUT2D eigenvalue weighted by Gasteiger charge is 2.39. The van der Waals surface area contributed by atoms with Crippen molar-refractivity contribution in [2.75, 3.05) is 14.2 Å². The summed E-state index contributed by atoms with van der Waals surface area (Å²) in [6, 6.07) is 12.1. The molecule has 2 heterocycles. The van der Waals surface area contributed by atoms with Crippen molar-refractivity contribution in [3.63, 3.8) is 0 Å². The fourth-order valence-corrected chi connectivity index (χ4v) is 3.76. The number of benzene rings is 2. The number of carbonyl (C=O) groups is 1. The van der Waals surface area contributed by atoms with Gasteiger partial charge < -0.3 is 23.4 Å². The van der Waals surface area contributed by atoms with Crippen LogP contribution in [0.2, 0.25) is 0 Å². The van der Waals surface area contributed by atoms with Gasteiger partial charge in [-0.15, -0.1) is 0 Å². The first-order valence-electron chi connectivity index (χ1n) is 10.2. The monoisotopic (exact) mass is 436 g/mol. The van der Waals surface area contributed by atoms with Gasteiger partial charge in [0.25, 0.3) is 0 Å². The molecule has 4 rings (SSSR count). The second-order valence-corrected chi connectivity index (χ2v) is 8.00. The summed E-state index contributed by atoms with van der Waals surface area (Å²) in [5, 5.41) is 0.779. The lowest BCUT2D eigenvalue weighted by atomic mass is 9.90. The Labute approximate surface area is 185 Å². The molecule has 32 heavy (non-hydrogen) atoms. The Morgan fingerprint density at radius 2 is 1.94 bits per heavy atom. The molecule has 1 aliphatic rings.